The summed E-state index contributed by atoms with van der Waals surface area (Å²) in [6.07, 6.45) is 1.69. The second kappa shape index (κ2) is 5.24. The van der Waals surface area contributed by atoms with E-state index < -0.39 is 10.5 Å². The first kappa shape index (κ1) is 14.5. The lowest BCUT2D eigenvalue weighted by Crippen LogP contribution is -2.26. The Bertz CT molecular complexity index is 621. The summed E-state index contributed by atoms with van der Waals surface area (Å²) in [7, 11) is 1.30. The molecule has 0 aromatic carbocycles. The van der Waals surface area contributed by atoms with Crippen LogP contribution in [0, 0.1) is 15.5 Å². The van der Waals surface area contributed by atoms with E-state index in [1.165, 1.54) is 7.11 Å². The Morgan fingerprint density at radius 1 is 1.55 bits per heavy atom. The molecule has 0 bridgehead atoms. The fourth-order valence-electron chi connectivity index (χ4n) is 2.11. The van der Waals surface area contributed by atoms with E-state index in [1.807, 2.05) is 0 Å². The number of carbonyl (C=O) groups excluding carboxylic acids is 1. The monoisotopic (exact) mass is 300 g/mol. The molecule has 1 aromatic heterocycles. The Morgan fingerprint density at radius 3 is 2.70 bits per heavy atom. The number of ether oxygens (including phenoxy) is 1. The molecule has 1 fully saturated rings. The molecule has 1 aromatic rings. The summed E-state index contributed by atoms with van der Waals surface area (Å²) in [5.41, 5.74) is -1.12. The summed E-state index contributed by atoms with van der Waals surface area (Å²) in [6, 6.07) is 2.19. The Balaban J connectivity index is 2.30. The van der Waals surface area contributed by atoms with E-state index in [1.54, 1.807) is 0 Å². The lowest BCUT2D eigenvalue weighted by atomic mass is 10.0. The minimum Gasteiger partial charge on any atom is -0.469 e. The molecule has 0 aliphatic heterocycles. The highest BCUT2D eigenvalue weighted by atomic mass is 35.5. The highest BCUT2D eigenvalue weighted by Crippen LogP contribution is 2.50. The summed E-state index contributed by atoms with van der Waals surface area (Å²) in [4.78, 5) is 33.3. The molecule has 0 N–H and O–H groups in total. The van der Waals surface area contributed by atoms with Crippen LogP contribution in [-0.2, 0) is 16.1 Å². The van der Waals surface area contributed by atoms with Crippen LogP contribution in [0.4, 0.5) is 5.69 Å². The van der Waals surface area contributed by atoms with Crippen molar-refractivity contribution in [2.75, 3.05) is 7.11 Å². The first-order valence-electron chi connectivity index (χ1n) is 5.99. The highest BCUT2D eigenvalue weighted by Gasteiger charge is 2.45. The quantitative estimate of drug-likeness (QED) is 0.357. The molecule has 0 spiro atoms. The number of rotatable bonds is 5. The summed E-state index contributed by atoms with van der Waals surface area (Å²) >= 11 is 5.92. The van der Waals surface area contributed by atoms with Crippen LogP contribution in [0.5, 0.6) is 0 Å². The molecule has 0 atom stereocenters. The highest BCUT2D eigenvalue weighted by molar-refractivity contribution is 6.31. The van der Waals surface area contributed by atoms with Crippen LogP contribution >= 0.6 is 11.6 Å². The second-order valence-corrected chi connectivity index (χ2v) is 5.30. The molecule has 2 rings (SSSR count). The van der Waals surface area contributed by atoms with E-state index in [2.05, 4.69) is 4.74 Å². The van der Waals surface area contributed by atoms with Gasteiger partial charge in [0.1, 0.15) is 0 Å². The van der Waals surface area contributed by atoms with Crippen molar-refractivity contribution in [3.05, 3.63) is 37.8 Å². The Kier molecular flexibility index (Phi) is 3.80. The zero-order valence-corrected chi connectivity index (χ0v) is 11.6. The van der Waals surface area contributed by atoms with Gasteiger partial charge in [-0.1, -0.05) is 11.6 Å². The molecule has 7 nitrogen and oxygen atoms in total. The number of methoxy groups -OCH3 is 1. The van der Waals surface area contributed by atoms with E-state index in [0.29, 0.717) is 0 Å². The number of aromatic nitrogens is 1. The minimum atomic E-state index is -0.641. The first-order chi connectivity index (χ1) is 9.38. The molecule has 8 heteroatoms. The number of pyridine rings is 1. The molecular formula is C12H13ClN2O5. The van der Waals surface area contributed by atoms with E-state index in [9.17, 15) is 19.7 Å². The minimum absolute atomic E-state index is 0.176. The molecule has 20 heavy (non-hydrogen) atoms. The maximum absolute atomic E-state index is 11.8. The third-order valence-electron chi connectivity index (χ3n) is 3.49. The van der Waals surface area contributed by atoms with Gasteiger partial charge < -0.3 is 4.74 Å². The van der Waals surface area contributed by atoms with Crippen LogP contribution in [0.2, 0.25) is 5.15 Å². The molecule has 1 heterocycles. The molecule has 0 unspecified atom stereocenters. The summed E-state index contributed by atoms with van der Waals surface area (Å²) in [6.45, 7) is 0.182. The largest absolute Gasteiger partial charge is 0.469 e. The Morgan fingerprint density at radius 2 is 2.20 bits per heavy atom. The van der Waals surface area contributed by atoms with Crippen LogP contribution in [0.15, 0.2) is 16.9 Å². The van der Waals surface area contributed by atoms with E-state index in [0.717, 1.165) is 29.5 Å². The predicted octanol–water partition coefficient (Wildman–Crippen LogP) is 1.75. The Hall–Kier alpha value is -1.89. The van der Waals surface area contributed by atoms with Gasteiger partial charge in [-0.25, -0.2) is 0 Å². The van der Waals surface area contributed by atoms with E-state index in [-0.39, 0.29) is 35.2 Å². The summed E-state index contributed by atoms with van der Waals surface area (Å²) in [5.74, 6) is -0.364. The van der Waals surface area contributed by atoms with Gasteiger partial charge in [0.15, 0.2) is 5.15 Å². The van der Waals surface area contributed by atoms with Gasteiger partial charge in [0, 0.05) is 18.7 Å². The van der Waals surface area contributed by atoms with E-state index in [4.69, 9.17) is 11.6 Å². The molecule has 0 saturated heterocycles. The van der Waals surface area contributed by atoms with Gasteiger partial charge in [-0.3, -0.25) is 24.3 Å². The molecule has 0 amide bonds. The maximum atomic E-state index is 11.8. The standard InChI is InChI=1S/C12H13ClN2O5/c1-20-10(17)6-12(4-5-12)7-14-9(16)3-2-8(11(14)13)15(18)19/h2-3H,4-7H2,1H3. The molecule has 1 aliphatic carbocycles. The first-order valence-corrected chi connectivity index (χ1v) is 6.37. The molecular weight excluding hydrogens is 288 g/mol. The number of hydrogen-bond acceptors (Lipinski definition) is 5. The van der Waals surface area contributed by atoms with Gasteiger partial charge in [0.2, 0.25) is 0 Å². The topological polar surface area (TPSA) is 91.4 Å². The number of carbonyl (C=O) groups is 1. The van der Waals surface area contributed by atoms with Crippen molar-refractivity contribution in [2.45, 2.75) is 25.8 Å². The smallest absolute Gasteiger partial charge is 0.306 e. The third kappa shape index (κ3) is 2.82. The van der Waals surface area contributed by atoms with Crippen LogP contribution < -0.4 is 5.56 Å². The van der Waals surface area contributed by atoms with Crippen LogP contribution in [0.1, 0.15) is 19.3 Å². The van der Waals surface area contributed by atoms with Crippen molar-refractivity contribution in [3.8, 4) is 0 Å². The summed E-state index contributed by atoms with van der Waals surface area (Å²) < 4.78 is 5.77. The SMILES string of the molecule is COC(=O)CC1(Cn2c(Cl)c([N+](=O)[O-])ccc2=O)CC1. The Labute approximate surface area is 119 Å². The van der Waals surface area contributed by atoms with Gasteiger partial charge in [-0.05, 0) is 18.3 Å². The van der Waals surface area contributed by atoms with Crippen molar-refractivity contribution in [3.63, 3.8) is 0 Å². The predicted molar refractivity (Wildman–Crippen MR) is 70.7 cm³/mol. The average molecular weight is 301 g/mol. The van der Waals surface area contributed by atoms with E-state index >= 15 is 0 Å². The van der Waals surface area contributed by atoms with Gasteiger partial charge in [-0.15, -0.1) is 0 Å². The fourth-order valence-corrected chi connectivity index (χ4v) is 2.38. The average Bonchev–Trinajstić information content (AvgIpc) is 3.13. The van der Waals surface area contributed by atoms with Crippen molar-refractivity contribution in [1.29, 1.82) is 0 Å². The molecule has 1 saturated carbocycles. The van der Waals surface area contributed by atoms with Gasteiger partial charge in [0.05, 0.1) is 18.5 Å². The second-order valence-electron chi connectivity index (χ2n) is 4.94. The molecule has 1 aliphatic rings. The molecule has 0 radical (unpaired) electrons. The van der Waals surface area contributed by atoms with Crippen molar-refractivity contribution in [2.24, 2.45) is 5.41 Å². The third-order valence-corrected chi connectivity index (χ3v) is 3.89. The fraction of sp³-hybridized carbons (Fsp3) is 0.500. The van der Waals surface area contributed by atoms with Crippen molar-refractivity contribution in [1.82, 2.24) is 4.57 Å². The lowest BCUT2D eigenvalue weighted by molar-refractivity contribution is -0.385. The van der Waals surface area contributed by atoms with Crippen molar-refractivity contribution < 1.29 is 14.5 Å². The zero-order chi connectivity index (χ0) is 14.9. The van der Waals surface area contributed by atoms with Crippen LogP contribution in [0.25, 0.3) is 0 Å². The summed E-state index contributed by atoms with van der Waals surface area (Å²) in [5, 5.41) is 10.6. The number of hydrogen-bond donors (Lipinski definition) is 0. The van der Waals surface area contributed by atoms with Gasteiger partial charge in [-0.2, -0.15) is 0 Å². The van der Waals surface area contributed by atoms with Crippen LogP contribution in [0.3, 0.4) is 0 Å². The van der Waals surface area contributed by atoms with Gasteiger partial charge >= 0.3 is 11.7 Å². The number of nitrogens with zero attached hydrogens (tertiary/aromatic N) is 2. The normalized spacial score (nSPS) is 15.7. The van der Waals surface area contributed by atoms with Gasteiger partial charge in [0.25, 0.3) is 5.56 Å². The lowest BCUT2D eigenvalue weighted by Gasteiger charge is -2.16. The number of halogens is 1. The maximum Gasteiger partial charge on any atom is 0.306 e. The molecule has 108 valence electrons. The number of nitro groups is 1. The van der Waals surface area contributed by atoms with Crippen molar-refractivity contribution >= 4 is 23.3 Å². The number of esters is 1. The van der Waals surface area contributed by atoms with Crippen LogP contribution in [-0.4, -0.2) is 22.6 Å². The zero-order valence-electron chi connectivity index (χ0n) is 10.8.